The van der Waals surface area contributed by atoms with Crippen molar-refractivity contribution in [2.45, 2.75) is 38.0 Å². The highest BCUT2D eigenvalue weighted by Gasteiger charge is 2.51. The third-order valence-corrected chi connectivity index (χ3v) is 6.64. The van der Waals surface area contributed by atoms with Crippen LogP contribution in [0.3, 0.4) is 0 Å². The number of fused-ring (bicyclic) bond motifs is 4. The summed E-state index contributed by atoms with van der Waals surface area (Å²) in [4.78, 5) is 2.50. The molecule has 1 spiro atoms. The van der Waals surface area contributed by atoms with Crippen molar-refractivity contribution in [2.75, 3.05) is 19.6 Å². The molecule has 4 nitrogen and oxygen atoms in total. The quantitative estimate of drug-likeness (QED) is 0.691. The number of piperidine rings is 1. The van der Waals surface area contributed by atoms with E-state index in [1.165, 1.54) is 11.1 Å². The van der Waals surface area contributed by atoms with Crippen LogP contribution in [-0.4, -0.2) is 41.0 Å². The summed E-state index contributed by atoms with van der Waals surface area (Å²) in [6, 6.07) is 17.2. The van der Waals surface area contributed by atoms with Crippen LogP contribution in [0.2, 0.25) is 0 Å². The Morgan fingerprint density at radius 1 is 1.15 bits per heavy atom. The Hall–Kier alpha value is -1.85. The molecule has 0 N–H and O–H groups in total. The van der Waals surface area contributed by atoms with Gasteiger partial charge in [0, 0.05) is 42.4 Å². The van der Waals surface area contributed by atoms with Crippen LogP contribution in [0, 0.1) is 0 Å². The van der Waals surface area contributed by atoms with E-state index in [0.717, 1.165) is 54.8 Å². The van der Waals surface area contributed by atoms with Crippen LogP contribution in [-0.2, 0) is 0 Å². The van der Waals surface area contributed by atoms with Crippen molar-refractivity contribution in [3.63, 3.8) is 0 Å². The monoisotopic (exact) mass is 425 g/mol. The highest BCUT2D eigenvalue weighted by atomic mass is 79.9. The van der Waals surface area contributed by atoms with Gasteiger partial charge in [0.15, 0.2) is 0 Å². The van der Waals surface area contributed by atoms with Crippen molar-refractivity contribution in [1.29, 1.82) is 0 Å². The Balaban J connectivity index is 1.57. The highest BCUT2D eigenvalue weighted by molar-refractivity contribution is 9.10. The van der Waals surface area contributed by atoms with Gasteiger partial charge >= 0.3 is 0 Å². The fourth-order valence-corrected chi connectivity index (χ4v) is 4.99. The smallest absolute Gasteiger partial charge is 0.200 e. The van der Waals surface area contributed by atoms with E-state index >= 15 is 0 Å². The van der Waals surface area contributed by atoms with E-state index in [2.05, 4.69) is 81.3 Å². The Kier molecular flexibility index (Phi) is 4.25. The van der Waals surface area contributed by atoms with Crippen molar-refractivity contribution in [3.8, 4) is 5.75 Å². The van der Waals surface area contributed by atoms with Gasteiger partial charge in [0.05, 0.1) is 11.8 Å². The van der Waals surface area contributed by atoms with E-state index in [-0.39, 0.29) is 11.8 Å². The van der Waals surface area contributed by atoms with Gasteiger partial charge in [-0.15, -0.1) is 0 Å². The SMILES string of the molecule is CCN1CCC2(CC1)Oc1ccc(Br)cc1[C@H]1CC(c3ccccc3)=NN12. The Morgan fingerprint density at radius 2 is 1.93 bits per heavy atom. The van der Waals surface area contributed by atoms with Crippen molar-refractivity contribution < 1.29 is 4.74 Å². The molecule has 5 heteroatoms. The van der Waals surface area contributed by atoms with Crippen LogP contribution in [0.25, 0.3) is 0 Å². The first-order valence-electron chi connectivity index (χ1n) is 9.81. The van der Waals surface area contributed by atoms with Crippen molar-refractivity contribution in [2.24, 2.45) is 5.10 Å². The zero-order chi connectivity index (χ0) is 18.4. The number of nitrogens with zero attached hydrogens (tertiary/aromatic N) is 3. The number of likely N-dealkylation sites (tertiary alicyclic amines) is 1. The van der Waals surface area contributed by atoms with Crippen molar-refractivity contribution in [1.82, 2.24) is 9.91 Å². The average Bonchev–Trinajstić information content (AvgIpc) is 3.17. The molecule has 0 aromatic heterocycles. The van der Waals surface area contributed by atoms with Crippen LogP contribution in [0.1, 0.15) is 43.4 Å². The molecule has 0 bridgehead atoms. The van der Waals surface area contributed by atoms with Gasteiger partial charge in [0.25, 0.3) is 0 Å². The standard InChI is InChI=1S/C22H24BrN3O/c1-2-25-12-10-22(11-13-25)26-20(18-14-17(23)8-9-21(18)27-22)15-19(24-26)16-6-4-3-5-7-16/h3-9,14,20H,2,10-13,15H2,1H3/t20-/m1/s1. The van der Waals surface area contributed by atoms with Gasteiger partial charge in [-0.25, -0.2) is 5.01 Å². The minimum absolute atomic E-state index is 0.245. The molecular weight excluding hydrogens is 402 g/mol. The van der Waals surface area contributed by atoms with Crippen LogP contribution in [0.15, 0.2) is 58.1 Å². The summed E-state index contributed by atoms with van der Waals surface area (Å²) in [5.41, 5.74) is 3.29. The number of hydrogen-bond acceptors (Lipinski definition) is 4. The first kappa shape index (κ1) is 17.3. The topological polar surface area (TPSA) is 28.1 Å². The summed E-state index contributed by atoms with van der Waals surface area (Å²) in [5.74, 6) is 1.02. The lowest BCUT2D eigenvalue weighted by Crippen LogP contribution is -2.59. The summed E-state index contributed by atoms with van der Waals surface area (Å²) in [6.07, 6.45) is 2.90. The molecule has 1 fully saturated rings. The number of halogens is 1. The molecule has 2 aromatic carbocycles. The fraction of sp³-hybridized carbons (Fsp3) is 0.409. The molecule has 0 unspecified atom stereocenters. The van der Waals surface area contributed by atoms with Crippen molar-refractivity contribution in [3.05, 3.63) is 64.1 Å². The second-order valence-corrected chi connectivity index (χ2v) is 8.56. The first-order chi connectivity index (χ1) is 13.2. The summed E-state index contributed by atoms with van der Waals surface area (Å²) in [6.45, 7) is 5.45. The lowest BCUT2D eigenvalue weighted by Gasteiger charge is -2.51. The lowest BCUT2D eigenvalue weighted by atomic mass is 9.91. The average molecular weight is 426 g/mol. The normalized spacial score (nSPS) is 23.6. The zero-order valence-electron chi connectivity index (χ0n) is 15.6. The van der Waals surface area contributed by atoms with Gasteiger partial charge in [-0.2, -0.15) is 5.10 Å². The third kappa shape index (κ3) is 2.88. The van der Waals surface area contributed by atoms with Crippen LogP contribution < -0.4 is 4.74 Å². The summed E-state index contributed by atoms with van der Waals surface area (Å²) in [7, 11) is 0. The first-order valence-corrected chi connectivity index (χ1v) is 10.6. The molecule has 140 valence electrons. The minimum atomic E-state index is -0.326. The van der Waals surface area contributed by atoms with Crippen LogP contribution >= 0.6 is 15.9 Å². The molecule has 0 aliphatic carbocycles. The molecule has 27 heavy (non-hydrogen) atoms. The largest absolute Gasteiger partial charge is 0.466 e. The van der Waals surface area contributed by atoms with Crippen LogP contribution in [0.5, 0.6) is 5.75 Å². The zero-order valence-corrected chi connectivity index (χ0v) is 17.2. The fourth-order valence-electron chi connectivity index (χ4n) is 4.61. The minimum Gasteiger partial charge on any atom is -0.466 e. The molecular formula is C22H24BrN3O. The maximum absolute atomic E-state index is 6.68. The van der Waals surface area contributed by atoms with E-state index in [9.17, 15) is 0 Å². The molecule has 0 radical (unpaired) electrons. The molecule has 3 aliphatic rings. The molecule has 0 saturated carbocycles. The maximum atomic E-state index is 6.68. The highest BCUT2D eigenvalue weighted by Crippen LogP contribution is 2.50. The number of rotatable bonds is 2. The van der Waals surface area contributed by atoms with Gasteiger partial charge in [0.2, 0.25) is 5.72 Å². The number of hydrogen-bond donors (Lipinski definition) is 0. The predicted molar refractivity (Wildman–Crippen MR) is 111 cm³/mol. The van der Waals surface area contributed by atoms with E-state index in [0.29, 0.717) is 0 Å². The summed E-state index contributed by atoms with van der Waals surface area (Å²) < 4.78 is 7.77. The Bertz CT molecular complexity index is 874. The van der Waals surface area contributed by atoms with E-state index in [1.807, 2.05) is 0 Å². The summed E-state index contributed by atoms with van der Waals surface area (Å²) in [5, 5.41) is 7.42. The number of ether oxygens (including phenoxy) is 1. The second-order valence-electron chi connectivity index (χ2n) is 7.64. The van der Waals surface area contributed by atoms with E-state index < -0.39 is 0 Å². The van der Waals surface area contributed by atoms with E-state index in [1.54, 1.807) is 0 Å². The maximum Gasteiger partial charge on any atom is 0.200 e. The van der Waals surface area contributed by atoms with E-state index in [4.69, 9.17) is 9.84 Å². The van der Waals surface area contributed by atoms with Gasteiger partial charge < -0.3 is 9.64 Å². The summed E-state index contributed by atoms with van der Waals surface area (Å²) >= 11 is 3.63. The van der Waals surface area contributed by atoms with Gasteiger partial charge in [-0.05, 0) is 30.3 Å². The molecule has 1 saturated heterocycles. The molecule has 3 heterocycles. The van der Waals surface area contributed by atoms with Gasteiger partial charge in [-0.3, -0.25) is 0 Å². The molecule has 3 aliphatic heterocycles. The molecule has 0 amide bonds. The third-order valence-electron chi connectivity index (χ3n) is 6.15. The number of hydrazone groups is 1. The van der Waals surface area contributed by atoms with Gasteiger partial charge in [0.1, 0.15) is 5.75 Å². The van der Waals surface area contributed by atoms with Gasteiger partial charge in [-0.1, -0.05) is 53.2 Å². The Morgan fingerprint density at radius 3 is 2.67 bits per heavy atom. The lowest BCUT2D eigenvalue weighted by molar-refractivity contribution is -0.149. The molecule has 5 rings (SSSR count). The molecule has 2 aromatic rings. The predicted octanol–water partition coefficient (Wildman–Crippen LogP) is 4.80. The van der Waals surface area contributed by atoms with Crippen LogP contribution in [0.4, 0.5) is 0 Å². The second kappa shape index (κ2) is 6.64. The van der Waals surface area contributed by atoms with Crippen molar-refractivity contribution >= 4 is 21.6 Å². The Labute approximate surface area is 168 Å². The number of benzene rings is 2. The molecule has 1 atom stereocenters.